The first kappa shape index (κ1) is 21.5. The van der Waals surface area contributed by atoms with Gasteiger partial charge in [0.1, 0.15) is 0 Å². The number of aliphatic carboxylic acids is 1. The van der Waals surface area contributed by atoms with Crippen molar-refractivity contribution in [3.05, 3.63) is 16.1 Å². The summed E-state index contributed by atoms with van der Waals surface area (Å²) in [7, 11) is -3.02. The first-order valence-electron chi connectivity index (χ1n) is 8.96. The van der Waals surface area contributed by atoms with E-state index in [-0.39, 0.29) is 11.3 Å². The first-order valence-corrected chi connectivity index (χ1v) is 11.3. The Balaban J connectivity index is 0.000000279. The van der Waals surface area contributed by atoms with Crippen LogP contribution >= 0.6 is 11.3 Å². The maximum atomic E-state index is 12.5. The molecule has 7 nitrogen and oxygen atoms in total. The van der Waals surface area contributed by atoms with Gasteiger partial charge in [-0.15, -0.1) is 11.3 Å². The van der Waals surface area contributed by atoms with E-state index in [0.717, 1.165) is 49.5 Å². The van der Waals surface area contributed by atoms with E-state index >= 15 is 0 Å². The van der Waals surface area contributed by atoms with E-state index in [4.69, 9.17) is 9.90 Å². The molecule has 0 amide bonds. The molecule has 158 valence electrons. The quantitative estimate of drug-likeness (QED) is 0.771. The van der Waals surface area contributed by atoms with Crippen LogP contribution in [0.1, 0.15) is 36.4 Å². The zero-order valence-corrected chi connectivity index (χ0v) is 16.9. The minimum atomic E-state index is -5.08. The average Bonchev–Trinajstić information content (AvgIpc) is 3.08. The highest BCUT2D eigenvalue weighted by atomic mass is 32.2. The van der Waals surface area contributed by atoms with Gasteiger partial charge < -0.3 is 5.11 Å². The molecular formula is C16H22F3N3O4S2. The lowest BCUT2D eigenvalue weighted by atomic mass is 10.1. The number of aryl methyl sites for hydroxylation is 1. The molecule has 0 radical (unpaired) electrons. The number of nitrogens with zero attached hydrogens (tertiary/aromatic N) is 3. The van der Waals surface area contributed by atoms with Crippen molar-refractivity contribution in [1.82, 2.24) is 14.2 Å². The predicted octanol–water partition coefficient (Wildman–Crippen LogP) is 2.23. The third-order valence-corrected chi connectivity index (χ3v) is 8.43. The maximum Gasteiger partial charge on any atom is 0.490 e. The minimum absolute atomic E-state index is 0.0773. The van der Waals surface area contributed by atoms with E-state index in [1.807, 2.05) is 11.2 Å². The number of hydrogen-bond acceptors (Lipinski definition) is 6. The third-order valence-electron chi connectivity index (χ3n) is 5.19. The molecule has 1 saturated carbocycles. The largest absolute Gasteiger partial charge is 0.490 e. The molecule has 2 atom stereocenters. The molecule has 1 aromatic heterocycles. The highest BCUT2D eigenvalue weighted by Gasteiger charge is 2.51. The zero-order chi connectivity index (χ0) is 20.7. The number of carbonyl (C=O) groups is 1. The monoisotopic (exact) mass is 441 g/mol. The Morgan fingerprint density at radius 2 is 1.86 bits per heavy atom. The lowest BCUT2D eigenvalue weighted by Crippen LogP contribution is -2.41. The van der Waals surface area contributed by atoms with Gasteiger partial charge in [-0.2, -0.15) is 17.5 Å². The molecule has 1 N–H and O–H groups in total. The molecule has 2 aliphatic heterocycles. The van der Waals surface area contributed by atoms with Crippen LogP contribution in [0.4, 0.5) is 13.2 Å². The summed E-state index contributed by atoms with van der Waals surface area (Å²) in [5, 5.41) is 10.3. The molecule has 1 aromatic rings. The summed E-state index contributed by atoms with van der Waals surface area (Å²) in [5.41, 5.74) is 1.13. The van der Waals surface area contributed by atoms with Crippen molar-refractivity contribution in [2.45, 2.75) is 62.7 Å². The number of carboxylic acid groups (broad SMARTS) is 1. The number of aromatic nitrogens is 1. The van der Waals surface area contributed by atoms with E-state index < -0.39 is 22.2 Å². The van der Waals surface area contributed by atoms with Crippen LogP contribution in [0.5, 0.6) is 0 Å². The van der Waals surface area contributed by atoms with Crippen molar-refractivity contribution in [1.29, 1.82) is 0 Å². The van der Waals surface area contributed by atoms with Crippen molar-refractivity contribution in [3.63, 3.8) is 0 Å². The Morgan fingerprint density at radius 1 is 1.25 bits per heavy atom. The Bertz CT molecular complexity index is 823. The SMILES string of the molecule is Cc1nc(CN2CC[C@H]3[C@H]2CCN3S(=O)(=O)C2CC2)cs1.O=C(O)C(F)(F)F. The second-order valence-corrected chi connectivity index (χ2v) is 10.4. The first-order chi connectivity index (χ1) is 13.0. The standard InChI is InChI=1S/C14H21N3O2S2.C2HF3O2/c1-10-15-11(9-20-10)8-16-6-4-14-13(16)5-7-17(14)21(18,19)12-2-3-12;3-2(4,5)1(6)7/h9,12-14H,2-8H2,1H3;(H,6,7)/t13-,14+;/m1./s1. The number of likely N-dealkylation sites (tertiary alicyclic amines) is 1. The number of halogens is 3. The highest BCUT2D eigenvalue weighted by Crippen LogP contribution is 2.39. The molecule has 28 heavy (non-hydrogen) atoms. The van der Waals surface area contributed by atoms with Crippen LogP contribution in [0.25, 0.3) is 0 Å². The fraction of sp³-hybridized carbons (Fsp3) is 0.750. The molecule has 3 aliphatic rings. The second-order valence-electron chi connectivity index (χ2n) is 7.20. The lowest BCUT2D eigenvalue weighted by Gasteiger charge is -2.24. The molecule has 1 aliphatic carbocycles. The Kier molecular flexibility index (Phi) is 6.04. The summed E-state index contributed by atoms with van der Waals surface area (Å²) in [6, 6.07) is 0.593. The van der Waals surface area contributed by atoms with Crippen LogP contribution in [0, 0.1) is 6.92 Å². The number of rotatable bonds is 4. The molecule has 4 rings (SSSR count). The summed E-state index contributed by atoms with van der Waals surface area (Å²) >= 11 is 1.69. The Hall–Kier alpha value is -1.24. The molecule has 3 fully saturated rings. The van der Waals surface area contributed by atoms with Gasteiger partial charge in [-0.3, -0.25) is 4.90 Å². The van der Waals surface area contributed by atoms with Gasteiger partial charge in [0.2, 0.25) is 10.0 Å². The molecule has 0 unspecified atom stereocenters. The van der Waals surface area contributed by atoms with Crippen LogP contribution in [0.15, 0.2) is 5.38 Å². The molecule has 0 aromatic carbocycles. The van der Waals surface area contributed by atoms with Crippen molar-refractivity contribution < 1.29 is 31.5 Å². The normalized spacial score (nSPS) is 26.0. The van der Waals surface area contributed by atoms with E-state index in [1.165, 1.54) is 0 Å². The smallest absolute Gasteiger partial charge is 0.475 e. The number of hydrogen-bond donors (Lipinski definition) is 1. The van der Waals surface area contributed by atoms with Gasteiger partial charge in [0, 0.05) is 37.1 Å². The van der Waals surface area contributed by atoms with Crippen LogP contribution in [0.2, 0.25) is 0 Å². The maximum absolute atomic E-state index is 12.5. The van der Waals surface area contributed by atoms with Crippen LogP contribution in [-0.4, -0.2) is 70.3 Å². The topological polar surface area (TPSA) is 90.8 Å². The molecular weight excluding hydrogens is 419 g/mol. The van der Waals surface area contributed by atoms with E-state index in [9.17, 15) is 21.6 Å². The van der Waals surface area contributed by atoms with Crippen LogP contribution in [-0.2, 0) is 21.4 Å². The van der Waals surface area contributed by atoms with Crippen LogP contribution < -0.4 is 0 Å². The van der Waals surface area contributed by atoms with Crippen molar-refractivity contribution >= 4 is 27.3 Å². The summed E-state index contributed by atoms with van der Waals surface area (Å²) in [6.45, 7) is 4.59. The predicted molar refractivity (Wildman–Crippen MR) is 96.4 cm³/mol. The number of carboxylic acids is 1. The fourth-order valence-corrected chi connectivity index (χ4v) is 6.50. The van der Waals surface area contributed by atoms with Gasteiger partial charge in [0.15, 0.2) is 0 Å². The van der Waals surface area contributed by atoms with Gasteiger partial charge in [0.25, 0.3) is 0 Å². The van der Waals surface area contributed by atoms with Gasteiger partial charge in [-0.05, 0) is 32.6 Å². The summed E-state index contributed by atoms with van der Waals surface area (Å²) in [6.07, 6.45) is -1.42. The van der Waals surface area contributed by atoms with Gasteiger partial charge >= 0.3 is 12.1 Å². The van der Waals surface area contributed by atoms with E-state index in [1.54, 1.807) is 11.3 Å². The lowest BCUT2D eigenvalue weighted by molar-refractivity contribution is -0.192. The number of sulfonamides is 1. The van der Waals surface area contributed by atoms with Gasteiger partial charge in [-0.25, -0.2) is 18.2 Å². The second kappa shape index (κ2) is 7.88. The van der Waals surface area contributed by atoms with Crippen molar-refractivity contribution in [2.75, 3.05) is 13.1 Å². The number of alkyl halides is 3. The average molecular weight is 441 g/mol. The molecule has 0 spiro atoms. The zero-order valence-electron chi connectivity index (χ0n) is 15.2. The van der Waals surface area contributed by atoms with Crippen molar-refractivity contribution in [3.8, 4) is 0 Å². The van der Waals surface area contributed by atoms with Crippen molar-refractivity contribution in [2.24, 2.45) is 0 Å². The number of thiazole rings is 1. The van der Waals surface area contributed by atoms with E-state index in [2.05, 4.69) is 15.3 Å². The Labute approximate surface area is 165 Å². The van der Waals surface area contributed by atoms with Gasteiger partial charge in [-0.1, -0.05) is 0 Å². The summed E-state index contributed by atoms with van der Waals surface area (Å²) in [4.78, 5) is 15.9. The molecule has 3 heterocycles. The Morgan fingerprint density at radius 3 is 2.36 bits per heavy atom. The highest BCUT2D eigenvalue weighted by molar-refractivity contribution is 7.90. The fourth-order valence-electron chi connectivity index (χ4n) is 3.79. The molecule has 0 bridgehead atoms. The summed E-state index contributed by atoms with van der Waals surface area (Å²) < 4.78 is 58.6. The molecule has 2 saturated heterocycles. The third kappa shape index (κ3) is 4.66. The molecule has 12 heteroatoms. The van der Waals surface area contributed by atoms with Crippen LogP contribution in [0.3, 0.4) is 0 Å². The minimum Gasteiger partial charge on any atom is -0.475 e. The van der Waals surface area contributed by atoms with E-state index in [0.29, 0.717) is 12.6 Å². The number of fused-ring (bicyclic) bond motifs is 1. The summed E-state index contributed by atoms with van der Waals surface area (Å²) in [5.74, 6) is -2.76. The van der Waals surface area contributed by atoms with Gasteiger partial charge in [0.05, 0.1) is 16.0 Å².